The van der Waals surface area contributed by atoms with E-state index in [0.717, 1.165) is 29.8 Å². The van der Waals surface area contributed by atoms with E-state index >= 15 is 0 Å². The highest BCUT2D eigenvalue weighted by Crippen LogP contribution is 2.35. The summed E-state index contributed by atoms with van der Waals surface area (Å²) in [5, 5.41) is 16.1. The molecule has 3 N–H and O–H groups in total. The van der Waals surface area contributed by atoms with E-state index in [-0.39, 0.29) is 28.2 Å². The van der Waals surface area contributed by atoms with Crippen LogP contribution in [-0.2, 0) is 0 Å². The van der Waals surface area contributed by atoms with Crippen molar-refractivity contribution >= 4 is 29.0 Å². The van der Waals surface area contributed by atoms with Gasteiger partial charge in [0, 0.05) is 29.9 Å². The van der Waals surface area contributed by atoms with Gasteiger partial charge in [0.05, 0.1) is 17.0 Å². The molecule has 1 saturated heterocycles. The molecule has 9 heteroatoms. The van der Waals surface area contributed by atoms with Gasteiger partial charge in [0.2, 0.25) is 0 Å². The van der Waals surface area contributed by atoms with Crippen LogP contribution >= 0.6 is 11.3 Å². The highest BCUT2D eigenvalue weighted by Gasteiger charge is 2.32. The van der Waals surface area contributed by atoms with Crippen LogP contribution in [0.5, 0.6) is 0 Å². The first-order chi connectivity index (χ1) is 15.4. The molecular weight excluding hydrogens is 438 g/mol. The summed E-state index contributed by atoms with van der Waals surface area (Å²) in [6.45, 7) is 14.2. The molecule has 3 rings (SSSR count). The summed E-state index contributed by atoms with van der Waals surface area (Å²) < 4.78 is 0. The molecule has 2 aromatic rings. The highest BCUT2D eigenvalue weighted by atomic mass is 32.1. The molecule has 0 aliphatic carbocycles. The number of pyridine rings is 1. The van der Waals surface area contributed by atoms with Gasteiger partial charge in [0.25, 0.3) is 11.8 Å². The van der Waals surface area contributed by atoms with Gasteiger partial charge in [-0.2, -0.15) is 0 Å². The Hall–Kier alpha value is -2.52. The van der Waals surface area contributed by atoms with Gasteiger partial charge in [-0.3, -0.25) is 9.59 Å². The molecule has 0 unspecified atom stereocenters. The minimum Gasteiger partial charge on any atom is -0.391 e. The number of rotatable bonds is 6. The average molecular weight is 474 g/mol. The van der Waals surface area contributed by atoms with E-state index in [9.17, 15) is 14.7 Å². The Morgan fingerprint density at radius 1 is 1.30 bits per heavy atom. The van der Waals surface area contributed by atoms with Gasteiger partial charge in [-0.15, -0.1) is 11.3 Å². The molecule has 3 heterocycles. The summed E-state index contributed by atoms with van der Waals surface area (Å²) in [6, 6.07) is 1.65. The van der Waals surface area contributed by atoms with E-state index in [0.29, 0.717) is 11.4 Å². The second-order valence-corrected chi connectivity index (χ2v) is 10.9. The van der Waals surface area contributed by atoms with Crippen molar-refractivity contribution in [3.05, 3.63) is 28.5 Å². The molecule has 2 amide bonds. The van der Waals surface area contributed by atoms with Crippen LogP contribution in [0.1, 0.15) is 80.2 Å². The van der Waals surface area contributed by atoms with Gasteiger partial charge in [-0.05, 0) is 72.9 Å². The van der Waals surface area contributed by atoms with E-state index in [4.69, 9.17) is 0 Å². The largest absolute Gasteiger partial charge is 0.391 e. The number of anilines is 1. The van der Waals surface area contributed by atoms with E-state index in [1.165, 1.54) is 11.3 Å². The first-order valence-corrected chi connectivity index (χ1v) is 12.2. The zero-order valence-electron chi connectivity index (χ0n) is 20.5. The van der Waals surface area contributed by atoms with E-state index < -0.39 is 18.1 Å². The molecule has 0 spiro atoms. The fourth-order valence-electron chi connectivity index (χ4n) is 3.75. The SMILES string of the molecule is Cc1cc(NC(C)(C)C)ncc1-c1sc(C(=O)N[C@H](C)[C@H](C)O)nc1C(=O)N1CCC[C@@H]1C. The lowest BCUT2D eigenvalue weighted by molar-refractivity contribution is 0.0743. The molecule has 2 aromatic heterocycles. The summed E-state index contributed by atoms with van der Waals surface area (Å²) in [7, 11) is 0. The third kappa shape index (κ3) is 5.89. The van der Waals surface area contributed by atoms with Crippen molar-refractivity contribution in [3.8, 4) is 10.4 Å². The number of carbonyl (C=O) groups is 2. The van der Waals surface area contributed by atoms with Crippen LogP contribution in [0.25, 0.3) is 10.4 Å². The molecule has 180 valence electrons. The first-order valence-electron chi connectivity index (χ1n) is 11.4. The number of likely N-dealkylation sites (tertiary alicyclic amines) is 1. The number of amides is 2. The lowest BCUT2D eigenvalue weighted by Gasteiger charge is -2.22. The molecule has 0 saturated carbocycles. The van der Waals surface area contributed by atoms with Crippen molar-refractivity contribution in [2.24, 2.45) is 0 Å². The van der Waals surface area contributed by atoms with Crippen molar-refractivity contribution in [2.45, 2.75) is 85.0 Å². The fourth-order valence-corrected chi connectivity index (χ4v) is 4.79. The van der Waals surface area contributed by atoms with Crippen LogP contribution in [0.2, 0.25) is 0 Å². The Balaban J connectivity index is 2.02. The Kier molecular flexibility index (Phi) is 7.43. The molecule has 0 radical (unpaired) electrons. The molecule has 0 aromatic carbocycles. The normalized spacial score (nSPS) is 18.2. The lowest BCUT2D eigenvalue weighted by Crippen LogP contribution is -2.39. The van der Waals surface area contributed by atoms with Gasteiger partial charge >= 0.3 is 0 Å². The Labute approximate surface area is 199 Å². The number of thiazole rings is 1. The number of aromatic nitrogens is 2. The van der Waals surface area contributed by atoms with Gasteiger partial charge < -0.3 is 20.6 Å². The topological polar surface area (TPSA) is 107 Å². The molecule has 33 heavy (non-hydrogen) atoms. The minimum atomic E-state index is -0.700. The summed E-state index contributed by atoms with van der Waals surface area (Å²) in [5.74, 6) is 0.183. The summed E-state index contributed by atoms with van der Waals surface area (Å²) in [4.78, 5) is 37.8. The van der Waals surface area contributed by atoms with Gasteiger partial charge in [0.1, 0.15) is 11.5 Å². The molecule has 1 fully saturated rings. The maximum absolute atomic E-state index is 13.4. The molecule has 0 bridgehead atoms. The average Bonchev–Trinajstić information content (AvgIpc) is 3.33. The van der Waals surface area contributed by atoms with Crippen LogP contribution < -0.4 is 10.6 Å². The molecule has 1 aliphatic heterocycles. The predicted octanol–water partition coefficient (Wildman–Crippen LogP) is 3.85. The molecular formula is C24H35N5O3S. The standard InChI is InChI=1S/C24H35N5O3S/c1-13-11-18(28-24(5,6)7)25-12-17(13)20-19(23(32)29-10-8-9-14(29)2)27-22(33-20)21(31)26-15(3)16(4)30/h11-12,14-16,30H,8-10H2,1-7H3,(H,25,28)(H,26,31)/t14-,15+,16-/m0/s1. The summed E-state index contributed by atoms with van der Waals surface area (Å²) in [5.41, 5.74) is 1.87. The second kappa shape index (κ2) is 9.77. The maximum atomic E-state index is 13.4. The van der Waals surface area contributed by atoms with Crippen LogP contribution in [0.15, 0.2) is 12.3 Å². The number of aryl methyl sites for hydroxylation is 1. The monoisotopic (exact) mass is 473 g/mol. The Bertz CT molecular complexity index is 1030. The zero-order chi connectivity index (χ0) is 24.5. The maximum Gasteiger partial charge on any atom is 0.280 e. The molecule has 8 nitrogen and oxygen atoms in total. The van der Waals surface area contributed by atoms with E-state index in [1.54, 1.807) is 20.0 Å². The van der Waals surface area contributed by atoms with Crippen molar-refractivity contribution in [1.29, 1.82) is 0 Å². The summed E-state index contributed by atoms with van der Waals surface area (Å²) >= 11 is 1.18. The smallest absolute Gasteiger partial charge is 0.280 e. The Morgan fingerprint density at radius 2 is 2.00 bits per heavy atom. The number of nitrogens with one attached hydrogen (secondary N) is 2. The zero-order valence-corrected chi connectivity index (χ0v) is 21.3. The van der Waals surface area contributed by atoms with Crippen molar-refractivity contribution in [2.75, 3.05) is 11.9 Å². The van der Waals surface area contributed by atoms with Crippen molar-refractivity contribution in [1.82, 2.24) is 20.2 Å². The second-order valence-electron chi connectivity index (χ2n) is 9.95. The lowest BCUT2D eigenvalue weighted by atomic mass is 10.1. The number of hydrogen-bond donors (Lipinski definition) is 3. The Morgan fingerprint density at radius 3 is 2.55 bits per heavy atom. The van der Waals surface area contributed by atoms with E-state index in [2.05, 4.69) is 41.4 Å². The predicted molar refractivity (Wildman–Crippen MR) is 132 cm³/mol. The molecule has 3 atom stereocenters. The van der Waals surface area contributed by atoms with Gasteiger partial charge in [-0.1, -0.05) is 0 Å². The quantitative estimate of drug-likeness (QED) is 0.588. The van der Waals surface area contributed by atoms with Crippen molar-refractivity contribution in [3.63, 3.8) is 0 Å². The highest BCUT2D eigenvalue weighted by molar-refractivity contribution is 7.17. The number of aliphatic hydroxyl groups excluding tert-OH is 1. The first kappa shape index (κ1) is 25.1. The number of hydrogen-bond acceptors (Lipinski definition) is 7. The number of aliphatic hydroxyl groups is 1. The number of carbonyl (C=O) groups excluding carboxylic acids is 2. The van der Waals surface area contributed by atoms with E-state index in [1.807, 2.05) is 24.8 Å². The third-order valence-corrected chi connectivity index (χ3v) is 6.87. The van der Waals surface area contributed by atoms with Crippen LogP contribution in [0.3, 0.4) is 0 Å². The van der Waals surface area contributed by atoms with Gasteiger partial charge in [-0.25, -0.2) is 9.97 Å². The van der Waals surface area contributed by atoms with Gasteiger partial charge in [0.15, 0.2) is 5.01 Å². The van der Waals surface area contributed by atoms with Crippen LogP contribution in [0, 0.1) is 6.92 Å². The van der Waals surface area contributed by atoms with Crippen LogP contribution in [0.4, 0.5) is 5.82 Å². The minimum absolute atomic E-state index is 0.135. The number of nitrogens with zero attached hydrogens (tertiary/aromatic N) is 3. The van der Waals surface area contributed by atoms with Crippen molar-refractivity contribution < 1.29 is 14.7 Å². The third-order valence-electron chi connectivity index (χ3n) is 5.78. The molecule has 1 aliphatic rings. The fraction of sp³-hybridized carbons (Fsp3) is 0.583. The summed E-state index contributed by atoms with van der Waals surface area (Å²) in [6.07, 6.45) is 2.95. The van der Waals surface area contributed by atoms with Crippen LogP contribution in [-0.4, -0.2) is 62.1 Å².